The van der Waals surface area contributed by atoms with E-state index in [1.807, 2.05) is 42.7 Å². The van der Waals surface area contributed by atoms with Crippen molar-refractivity contribution in [2.24, 2.45) is 0 Å². The molecule has 0 radical (unpaired) electrons. The Balaban J connectivity index is 2.97. The monoisotopic (exact) mass is 320 g/mol. The van der Waals surface area contributed by atoms with E-state index in [1.165, 1.54) is 0 Å². The number of halogens is 2. The fourth-order valence-electron chi connectivity index (χ4n) is 1.01. The van der Waals surface area contributed by atoms with E-state index in [4.69, 9.17) is 24.1 Å². The number of benzene rings is 1. The van der Waals surface area contributed by atoms with Gasteiger partial charge in [-0.3, -0.25) is 0 Å². The first-order chi connectivity index (χ1) is 6.59. The van der Waals surface area contributed by atoms with E-state index < -0.39 is 13.5 Å². The Hall–Kier alpha value is 0.0934. The Morgan fingerprint density at radius 1 is 1.29 bits per heavy atom. The third-order valence-corrected chi connectivity index (χ3v) is 3.30. The molecule has 1 rings (SSSR count). The molecule has 0 N–H and O–H groups in total. The van der Waals surface area contributed by atoms with Crippen LogP contribution in [0.4, 0.5) is 0 Å². The fourth-order valence-corrected chi connectivity index (χ4v) is 2.82. The van der Waals surface area contributed by atoms with Crippen LogP contribution in [-0.2, 0) is 13.5 Å². The summed E-state index contributed by atoms with van der Waals surface area (Å²) in [5.74, 6) is 0.850. The normalized spacial score (nSPS) is 11.4. The molecule has 1 nitrogen and oxygen atoms in total. The van der Waals surface area contributed by atoms with Gasteiger partial charge in [-0.05, 0) is 0 Å². The van der Waals surface area contributed by atoms with Gasteiger partial charge in [0, 0.05) is 0 Å². The van der Waals surface area contributed by atoms with E-state index in [-0.39, 0.29) is 6.10 Å². The molecule has 1 aromatic carbocycles. The number of rotatable bonds is 3. The predicted molar refractivity (Wildman–Crippen MR) is 59.1 cm³/mol. The van der Waals surface area contributed by atoms with E-state index in [9.17, 15) is 0 Å². The third kappa shape index (κ3) is 4.08. The summed E-state index contributed by atoms with van der Waals surface area (Å²) in [5, 5.41) is 0. The van der Waals surface area contributed by atoms with Gasteiger partial charge in [-0.1, -0.05) is 0 Å². The topological polar surface area (TPSA) is 9.23 Å². The summed E-state index contributed by atoms with van der Waals surface area (Å²) in [4.78, 5) is 0. The van der Waals surface area contributed by atoms with Crippen molar-refractivity contribution in [1.82, 2.24) is 0 Å². The molecular formula is C10H12Cl2ORu. The van der Waals surface area contributed by atoms with Crippen molar-refractivity contribution >= 4 is 24.0 Å². The van der Waals surface area contributed by atoms with Gasteiger partial charge in [0.1, 0.15) is 0 Å². The van der Waals surface area contributed by atoms with Crippen LogP contribution in [0, 0.1) is 0 Å². The zero-order valence-corrected chi connectivity index (χ0v) is 11.2. The molecule has 1 aromatic rings. The Labute approximate surface area is 97.5 Å². The van der Waals surface area contributed by atoms with Crippen molar-refractivity contribution in [3.63, 3.8) is 0 Å². The average molecular weight is 320 g/mol. The van der Waals surface area contributed by atoms with E-state index in [0.717, 1.165) is 11.3 Å². The van der Waals surface area contributed by atoms with Crippen molar-refractivity contribution in [2.75, 3.05) is 0 Å². The van der Waals surface area contributed by atoms with Crippen LogP contribution in [0.3, 0.4) is 0 Å². The number of hydrogen-bond donors (Lipinski definition) is 0. The van der Waals surface area contributed by atoms with Gasteiger partial charge < -0.3 is 0 Å². The zero-order valence-electron chi connectivity index (χ0n) is 7.98. The first-order valence-corrected chi connectivity index (χ1v) is 9.66. The molecule has 0 fully saturated rings. The average Bonchev–Trinajstić information content (AvgIpc) is 2.06. The summed E-state index contributed by atoms with van der Waals surface area (Å²) in [6.07, 6.45) is 0.163. The molecule has 0 bridgehead atoms. The van der Waals surface area contributed by atoms with E-state index in [2.05, 4.69) is 0 Å². The third-order valence-electron chi connectivity index (χ3n) is 1.47. The molecule has 0 amide bonds. The molecule has 0 aliphatic heterocycles. The summed E-state index contributed by atoms with van der Waals surface area (Å²) < 4.78 is 7.51. The van der Waals surface area contributed by atoms with Gasteiger partial charge in [-0.15, -0.1) is 0 Å². The van der Waals surface area contributed by atoms with Crippen molar-refractivity contribution < 1.29 is 18.3 Å². The molecular weight excluding hydrogens is 308 g/mol. The maximum absolute atomic E-state index is 5.82. The molecule has 0 aliphatic carbocycles. The zero-order chi connectivity index (χ0) is 10.6. The van der Waals surface area contributed by atoms with Gasteiger partial charge in [0.25, 0.3) is 0 Å². The quantitative estimate of drug-likeness (QED) is 0.774. The van der Waals surface area contributed by atoms with Gasteiger partial charge in [0.2, 0.25) is 0 Å². The van der Waals surface area contributed by atoms with Crippen LogP contribution in [0.5, 0.6) is 5.75 Å². The van der Waals surface area contributed by atoms with Crippen LogP contribution in [-0.4, -0.2) is 10.7 Å². The second-order valence-electron chi connectivity index (χ2n) is 3.01. The minimum absolute atomic E-state index is 0.163. The minimum atomic E-state index is -1.77. The molecule has 0 atom stereocenters. The summed E-state index contributed by atoms with van der Waals surface area (Å²) in [6, 6.07) is 7.78. The van der Waals surface area contributed by atoms with Crippen LogP contribution in [0.25, 0.3) is 0 Å². The number of para-hydroxylation sites is 1. The van der Waals surface area contributed by atoms with Gasteiger partial charge in [-0.2, -0.15) is 0 Å². The van der Waals surface area contributed by atoms with Gasteiger partial charge in [-0.25, -0.2) is 0 Å². The van der Waals surface area contributed by atoms with Gasteiger partial charge in [0.15, 0.2) is 0 Å². The fraction of sp³-hybridized carbons (Fsp3) is 0.300. The Kier molecular flexibility index (Phi) is 5.08. The molecule has 0 aromatic heterocycles. The standard InChI is InChI=1S/C10H12O.2ClH.Ru/c1-8(2)11-10-7-5-4-6-9(10)3;;;/h3-8H,1-2H3;2*1H;/q;;;+2/p-2. The molecule has 0 unspecified atom stereocenters. The van der Waals surface area contributed by atoms with Crippen LogP contribution >= 0.6 is 19.4 Å². The molecule has 0 saturated carbocycles. The molecule has 0 heterocycles. The van der Waals surface area contributed by atoms with E-state index in [0.29, 0.717) is 0 Å². The number of hydrogen-bond acceptors (Lipinski definition) is 1. The SMILES string of the molecule is CC(C)Oc1ccccc1[CH]=[Ru]([Cl])[Cl]. The molecule has 0 saturated heterocycles. The molecule has 0 aliphatic rings. The number of ether oxygens (including phenoxy) is 1. The van der Waals surface area contributed by atoms with E-state index in [1.54, 1.807) is 0 Å². The summed E-state index contributed by atoms with van der Waals surface area (Å²) >= 11 is -1.77. The Bertz CT molecular complexity index is 333. The maximum atomic E-state index is 5.82. The second-order valence-corrected chi connectivity index (χ2v) is 8.74. The van der Waals surface area contributed by atoms with Gasteiger partial charge in [0.05, 0.1) is 0 Å². The molecule has 14 heavy (non-hydrogen) atoms. The Morgan fingerprint density at radius 2 is 1.93 bits per heavy atom. The van der Waals surface area contributed by atoms with Crippen LogP contribution < -0.4 is 4.74 Å². The van der Waals surface area contributed by atoms with Crippen LogP contribution in [0.2, 0.25) is 0 Å². The summed E-state index contributed by atoms with van der Waals surface area (Å²) in [6.45, 7) is 3.99. The van der Waals surface area contributed by atoms with E-state index >= 15 is 0 Å². The first-order valence-electron chi connectivity index (χ1n) is 4.18. The van der Waals surface area contributed by atoms with Crippen molar-refractivity contribution in [3.05, 3.63) is 29.8 Å². The molecule has 80 valence electrons. The van der Waals surface area contributed by atoms with Gasteiger partial charge >= 0.3 is 97.8 Å². The van der Waals surface area contributed by atoms with Crippen molar-refractivity contribution in [2.45, 2.75) is 20.0 Å². The van der Waals surface area contributed by atoms with Crippen LogP contribution in [0.15, 0.2) is 24.3 Å². The second kappa shape index (κ2) is 5.85. The molecule has 0 spiro atoms. The predicted octanol–water partition coefficient (Wildman–Crippen LogP) is 3.55. The van der Waals surface area contributed by atoms with Crippen molar-refractivity contribution in [1.29, 1.82) is 0 Å². The molecule has 4 heteroatoms. The first kappa shape index (κ1) is 12.2. The summed E-state index contributed by atoms with van der Waals surface area (Å²) in [5.41, 5.74) is 0.991. The summed E-state index contributed by atoms with van der Waals surface area (Å²) in [7, 11) is 11.6. The van der Waals surface area contributed by atoms with Crippen LogP contribution in [0.1, 0.15) is 19.4 Å². The Morgan fingerprint density at radius 3 is 2.50 bits per heavy atom. The van der Waals surface area contributed by atoms with Crippen molar-refractivity contribution in [3.8, 4) is 5.75 Å².